The predicted octanol–water partition coefficient (Wildman–Crippen LogP) is 1.65. The molecule has 1 amide bonds. The van der Waals surface area contributed by atoms with Gasteiger partial charge in [-0.3, -0.25) is 4.79 Å². The number of aliphatic hydroxyl groups is 1. The van der Waals surface area contributed by atoms with Crippen molar-refractivity contribution in [2.75, 3.05) is 18.1 Å². The van der Waals surface area contributed by atoms with Crippen LogP contribution in [-0.2, 0) is 4.79 Å². The molecule has 0 aliphatic carbocycles. The second-order valence-electron chi connectivity index (χ2n) is 4.14. The minimum Gasteiger partial charge on any atom is -0.391 e. The molecule has 0 radical (unpaired) electrons. The molecule has 0 spiro atoms. The minimum atomic E-state index is -0.412. The average Bonchev–Trinajstić information content (AvgIpc) is 2.14. The van der Waals surface area contributed by atoms with Crippen molar-refractivity contribution in [1.29, 1.82) is 0 Å². The molecule has 0 aromatic carbocycles. The van der Waals surface area contributed by atoms with Crippen molar-refractivity contribution in [1.82, 2.24) is 5.32 Å². The van der Waals surface area contributed by atoms with E-state index in [0.717, 1.165) is 18.6 Å². The Hall–Kier alpha value is -0.220. The van der Waals surface area contributed by atoms with Crippen molar-refractivity contribution in [2.24, 2.45) is 5.92 Å². The highest BCUT2D eigenvalue weighted by Gasteiger charge is 2.08. The van der Waals surface area contributed by atoms with E-state index < -0.39 is 6.10 Å². The van der Waals surface area contributed by atoms with Crippen LogP contribution in [0.15, 0.2) is 0 Å². The van der Waals surface area contributed by atoms with Crippen LogP contribution in [-0.4, -0.2) is 35.2 Å². The molecule has 0 rings (SSSR count). The van der Waals surface area contributed by atoms with Crippen LogP contribution in [0.2, 0.25) is 0 Å². The lowest BCUT2D eigenvalue weighted by atomic mass is 10.1. The summed E-state index contributed by atoms with van der Waals surface area (Å²) < 4.78 is 0. The fourth-order valence-corrected chi connectivity index (χ4v) is 1.94. The van der Waals surface area contributed by atoms with E-state index in [2.05, 4.69) is 26.1 Å². The number of hydrogen-bond acceptors (Lipinski definition) is 3. The van der Waals surface area contributed by atoms with Gasteiger partial charge >= 0.3 is 0 Å². The van der Waals surface area contributed by atoms with Gasteiger partial charge in [0, 0.05) is 6.54 Å². The molecular weight excluding hydrogens is 210 g/mol. The van der Waals surface area contributed by atoms with Gasteiger partial charge in [0.2, 0.25) is 5.91 Å². The standard InChI is InChI=1S/C11H23NO2S/c1-4-5-15-8-11(14)12-7-10(13)6-9(2)3/h9-10,13H,4-8H2,1-3H3,(H,12,14). The quantitative estimate of drug-likeness (QED) is 0.627. The Kier molecular flexibility index (Phi) is 8.91. The van der Waals surface area contributed by atoms with Gasteiger partial charge in [-0.1, -0.05) is 20.8 Å². The first-order chi connectivity index (χ1) is 7.06. The molecule has 0 aromatic heterocycles. The maximum atomic E-state index is 11.3. The monoisotopic (exact) mass is 233 g/mol. The zero-order valence-electron chi connectivity index (χ0n) is 9.95. The lowest BCUT2D eigenvalue weighted by Crippen LogP contribution is -2.33. The second-order valence-corrected chi connectivity index (χ2v) is 5.25. The van der Waals surface area contributed by atoms with E-state index in [-0.39, 0.29) is 5.91 Å². The number of thioether (sulfide) groups is 1. The lowest BCUT2D eigenvalue weighted by molar-refractivity contribution is -0.119. The van der Waals surface area contributed by atoms with Crippen LogP contribution >= 0.6 is 11.8 Å². The van der Waals surface area contributed by atoms with Crippen LogP contribution < -0.4 is 5.32 Å². The molecule has 0 fully saturated rings. The summed E-state index contributed by atoms with van der Waals surface area (Å²) in [7, 11) is 0. The average molecular weight is 233 g/mol. The zero-order chi connectivity index (χ0) is 11.7. The third-order valence-corrected chi connectivity index (χ3v) is 3.02. The summed E-state index contributed by atoms with van der Waals surface area (Å²) in [6.45, 7) is 6.59. The third kappa shape index (κ3) is 10.1. The van der Waals surface area contributed by atoms with E-state index in [0.29, 0.717) is 18.2 Å². The smallest absolute Gasteiger partial charge is 0.230 e. The van der Waals surface area contributed by atoms with Gasteiger partial charge in [-0.05, 0) is 24.5 Å². The molecule has 2 N–H and O–H groups in total. The Morgan fingerprint density at radius 2 is 2.13 bits per heavy atom. The Balaban J connectivity index is 3.44. The summed E-state index contributed by atoms with van der Waals surface area (Å²) >= 11 is 1.63. The van der Waals surface area contributed by atoms with Crippen LogP contribution in [0.5, 0.6) is 0 Å². The number of aliphatic hydroxyl groups excluding tert-OH is 1. The normalized spacial score (nSPS) is 12.9. The maximum absolute atomic E-state index is 11.3. The van der Waals surface area contributed by atoms with E-state index in [1.54, 1.807) is 11.8 Å². The third-order valence-electron chi connectivity index (χ3n) is 1.86. The summed E-state index contributed by atoms with van der Waals surface area (Å²) in [5.41, 5.74) is 0. The van der Waals surface area contributed by atoms with Gasteiger partial charge < -0.3 is 10.4 Å². The van der Waals surface area contributed by atoms with E-state index in [9.17, 15) is 9.90 Å². The Labute approximate surface area is 97.0 Å². The highest BCUT2D eigenvalue weighted by molar-refractivity contribution is 7.99. The fourth-order valence-electron chi connectivity index (χ4n) is 1.22. The minimum absolute atomic E-state index is 0.0243. The highest BCUT2D eigenvalue weighted by Crippen LogP contribution is 2.04. The summed E-state index contributed by atoms with van der Waals surface area (Å²) in [5, 5.41) is 12.3. The van der Waals surface area contributed by atoms with Crippen LogP contribution in [0, 0.1) is 5.92 Å². The van der Waals surface area contributed by atoms with Crippen molar-refractivity contribution in [3.05, 3.63) is 0 Å². The van der Waals surface area contributed by atoms with Crippen LogP contribution in [0.25, 0.3) is 0 Å². The Morgan fingerprint density at radius 3 is 2.67 bits per heavy atom. The molecule has 3 nitrogen and oxygen atoms in total. The van der Waals surface area contributed by atoms with Gasteiger partial charge in [0.25, 0.3) is 0 Å². The van der Waals surface area contributed by atoms with Crippen LogP contribution in [0.4, 0.5) is 0 Å². The van der Waals surface area contributed by atoms with E-state index in [1.807, 2.05) is 0 Å². The largest absolute Gasteiger partial charge is 0.391 e. The molecular formula is C11H23NO2S. The highest BCUT2D eigenvalue weighted by atomic mass is 32.2. The molecule has 0 heterocycles. The first-order valence-corrected chi connectivity index (χ1v) is 6.74. The van der Waals surface area contributed by atoms with Gasteiger partial charge in [0.15, 0.2) is 0 Å². The molecule has 0 aromatic rings. The summed E-state index contributed by atoms with van der Waals surface area (Å²) in [5.74, 6) is 2.01. The number of nitrogens with one attached hydrogen (secondary N) is 1. The number of hydrogen-bond donors (Lipinski definition) is 2. The predicted molar refractivity (Wildman–Crippen MR) is 66.1 cm³/mol. The number of carbonyl (C=O) groups is 1. The van der Waals surface area contributed by atoms with E-state index in [1.165, 1.54) is 0 Å². The van der Waals surface area contributed by atoms with Crippen molar-refractivity contribution in [3.8, 4) is 0 Å². The van der Waals surface area contributed by atoms with Crippen molar-refractivity contribution in [3.63, 3.8) is 0 Å². The maximum Gasteiger partial charge on any atom is 0.230 e. The van der Waals surface area contributed by atoms with Crippen LogP contribution in [0.1, 0.15) is 33.6 Å². The lowest BCUT2D eigenvalue weighted by Gasteiger charge is -2.13. The number of rotatable bonds is 8. The Morgan fingerprint density at radius 1 is 1.47 bits per heavy atom. The molecule has 0 saturated carbocycles. The zero-order valence-corrected chi connectivity index (χ0v) is 10.8. The molecule has 0 aliphatic heterocycles. The van der Waals surface area contributed by atoms with Gasteiger partial charge in [0.1, 0.15) is 0 Å². The van der Waals surface area contributed by atoms with Crippen molar-refractivity contribution < 1.29 is 9.90 Å². The van der Waals surface area contributed by atoms with E-state index >= 15 is 0 Å². The molecule has 0 aliphatic rings. The van der Waals surface area contributed by atoms with E-state index in [4.69, 9.17) is 0 Å². The second kappa shape index (κ2) is 9.04. The van der Waals surface area contributed by atoms with Crippen LogP contribution in [0.3, 0.4) is 0 Å². The van der Waals surface area contributed by atoms with Gasteiger partial charge in [-0.15, -0.1) is 0 Å². The number of amides is 1. The number of carbonyl (C=O) groups excluding carboxylic acids is 1. The fraction of sp³-hybridized carbons (Fsp3) is 0.909. The topological polar surface area (TPSA) is 49.3 Å². The summed E-state index contributed by atoms with van der Waals surface area (Å²) in [6.07, 6.45) is 1.42. The Bertz CT molecular complexity index is 174. The molecule has 4 heteroatoms. The van der Waals surface area contributed by atoms with Gasteiger partial charge in [-0.25, -0.2) is 0 Å². The molecule has 1 atom stereocenters. The molecule has 90 valence electrons. The molecule has 0 bridgehead atoms. The molecule has 1 unspecified atom stereocenters. The van der Waals surface area contributed by atoms with Gasteiger partial charge in [0.05, 0.1) is 11.9 Å². The first kappa shape index (κ1) is 14.8. The first-order valence-electron chi connectivity index (χ1n) is 5.58. The SMILES string of the molecule is CCCSCC(=O)NCC(O)CC(C)C. The van der Waals surface area contributed by atoms with Crippen molar-refractivity contribution in [2.45, 2.75) is 39.7 Å². The summed E-state index contributed by atoms with van der Waals surface area (Å²) in [4.78, 5) is 11.3. The molecule has 0 saturated heterocycles. The summed E-state index contributed by atoms with van der Waals surface area (Å²) in [6, 6.07) is 0. The van der Waals surface area contributed by atoms with Crippen molar-refractivity contribution >= 4 is 17.7 Å². The molecule has 15 heavy (non-hydrogen) atoms. The van der Waals surface area contributed by atoms with Gasteiger partial charge in [-0.2, -0.15) is 11.8 Å².